The second-order valence-corrected chi connectivity index (χ2v) is 6.30. The maximum Gasteiger partial charge on any atom is 0.433 e. The third-order valence-corrected chi connectivity index (χ3v) is 4.61. The average molecular weight is 365 g/mol. The molecule has 5 nitrogen and oxygen atoms in total. The molecule has 3 rings (SSSR count). The van der Waals surface area contributed by atoms with Gasteiger partial charge < -0.3 is 15.0 Å². The molecule has 0 aromatic carbocycles. The van der Waals surface area contributed by atoms with Crippen LogP contribution in [0.25, 0.3) is 0 Å². The molecule has 0 unspecified atom stereocenters. The van der Waals surface area contributed by atoms with Crippen LogP contribution in [0.2, 0.25) is 0 Å². The summed E-state index contributed by atoms with van der Waals surface area (Å²) in [6.45, 7) is -1.64. The van der Waals surface area contributed by atoms with Crippen LogP contribution in [0.1, 0.15) is 25.0 Å². The van der Waals surface area contributed by atoms with Crippen LogP contribution in [0.4, 0.5) is 27.6 Å². The van der Waals surface area contributed by atoms with Crippen molar-refractivity contribution in [1.82, 2.24) is 10.3 Å². The van der Waals surface area contributed by atoms with Gasteiger partial charge in [0.1, 0.15) is 11.4 Å². The molecule has 2 fully saturated rings. The maximum absolute atomic E-state index is 12.8. The average Bonchev–Trinajstić information content (AvgIpc) is 2.82. The molecule has 2 aliphatic heterocycles. The fraction of sp³-hybridized carbons (Fsp3) is 0.600. The molecule has 0 radical (unpaired) electrons. The van der Waals surface area contributed by atoms with Crippen molar-refractivity contribution < 1.29 is 31.5 Å². The summed E-state index contributed by atoms with van der Waals surface area (Å²) >= 11 is 0. The minimum atomic E-state index is -4.80. The fourth-order valence-electron chi connectivity index (χ4n) is 3.37. The molecule has 1 N–H and O–H groups in total. The van der Waals surface area contributed by atoms with E-state index in [4.69, 9.17) is 0 Å². The molecule has 10 heteroatoms. The number of piperidine rings is 1. The molecule has 1 amide bonds. The van der Waals surface area contributed by atoms with E-state index in [9.17, 15) is 26.7 Å². The Morgan fingerprint density at radius 3 is 2.52 bits per heavy atom. The molecule has 0 aliphatic carbocycles. The van der Waals surface area contributed by atoms with E-state index in [1.165, 1.54) is 4.90 Å². The number of ether oxygens (including phenoxy) is 1. The van der Waals surface area contributed by atoms with Crippen LogP contribution in [-0.2, 0) is 11.0 Å². The van der Waals surface area contributed by atoms with Crippen LogP contribution >= 0.6 is 0 Å². The monoisotopic (exact) mass is 365 g/mol. The highest BCUT2D eigenvalue weighted by Crippen LogP contribution is 2.44. The van der Waals surface area contributed by atoms with Gasteiger partial charge in [-0.1, -0.05) is 0 Å². The summed E-state index contributed by atoms with van der Waals surface area (Å²) in [5, 5.41) is 3.18. The number of aromatic nitrogens is 1. The van der Waals surface area contributed by atoms with Crippen molar-refractivity contribution in [3.63, 3.8) is 0 Å². The zero-order chi connectivity index (χ0) is 18.2. The molecule has 25 heavy (non-hydrogen) atoms. The molecule has 0 bridgehead atoms. The highest BCUT2D eigenvalue weighted by atomic mass is 19.4. The third kappa shape index (κ3) is 3.68. The first kappa shape index (κ1) is 17.8. The number of anilines is 1. The Bertz CT molecular complexity index is 659. The zero-order valence-corrected chi connectivity index (χ0v) is 13.1. The molecule has 1 spiro atoms. The van der Waals surface area contributed by atoms with Gasteiger partial charge in [-0.15, -0.1) is 0 Å². The van der Waals surface area contributed by atoms with Crippen LogP contribution in [0.3, 0.4) is 0 Å². The van der Waals surface area contributed by atoms with Gasteiger partial charge in [0.05, 0.1) is 0 Å². The number of rotatable bonds is 3. The Labute approximate surface area is 140 Å². The van der Waals surface area contributed by atoms with Crippen molar-refractivity contribution >= 4 is 11.6 Å². The lowest BCUT2D eigenvalue weighted by atomic mass is 9.78. The standard InChI is InChI=1S/C15H16F5N3O2/c16-13(17)25-12-9(1-2-10(22-12)15(18,19)20)23-8-14(7-11(23)24)3-5-21-6-4-14/h1-2,13,21H,3-8H2. The van der Waals surface area contributed by atoms with E-state index in [-0.39, 0.29) is 30.0 Å². The van der Waals surface area contributed by atoms with Gasteiger partial charge >= 0.3 is 12.8 Å². The Balaban J connectivity index is 1.94. The normalized spacial score (nSPS) is 20.6. The number of hydrogen-bond acceptors (Lipinski definition) is 4. The number of nitrogens with zero attached hydrogens (tertiary/aromatic N) is 2. The van der Waals surface area contributed by atoms with Crippen molar-refractivity contribution in [2.24, 2.45) is 5.41 Å². The maximum atomic E-state index is 12.8. The van der Waals surface area contributed by atoms with Crippen molar-refractivity contribution in [2.45, 2.75) is 32.1 Å². The summed E-state index contributed by atoms with van der Waals surface area (Å²) in [7, 11) is 0. The number of hydrogen-bond donors (Lipinski definition) is 1. The summed E-state index contributed by atoms with van der Waals surface area (Å²) in [6, 6.07) is 1.62. The lowest BCUT2D eigenvalue weighted by Crippen LogP contribution is -2.38. The van der Waals surface area contributed by atoms with Crippen molar-refractivity contribution in [3.05, 3.63) is 17.8 Å². The van der Waals surface area contributed by atoms with Gasteiger partial charge in [0.2, 0.25) is 11.8 Å². The van der Waals surface area contributed by atoms with Gasteiger partial charge in [0.15, 0.2) is 0 Å². The smallest absolute Gasteiger partial charge is 0.415 e. The lowest BCUT2D eigenvalue weighted by Gasteiger charge is -2.33. The van der Waals surface area contributed by atoms with Crippen LogP contribution in [0.5, 0.6) is 5.88 Å². The second kappa shape index (κ2) is 6.40. The lowest BCUT2D eigenvalue weighted by molar-refractivity contribution is -0.142. The topological polar surface area (TPSA) is 54.5 Å². The van der Waals surface area contributed by atoms with E-state index >= 15 is 0 Å². The number of pyridine rings is 1. The second-order valence-electron chi connectivity index (χ2n) is 6.30. The summed E-state index contributed by atoms with van der Waals surface area (Å²) in [5.41, 5.74) is -1.81. The largest absolute Gasteiger partial charge is 0.433 e. The van der Waals surface area contributed by atoms with E-state index < -0.39 is 24.4 Å². The van der Waals surface area contributed by atoms with Crippen molar-refractivity contribution in [1.29, 1.82) is 0 Å². The van der Waals surface area contributed by atoms with Crippen LogP contribution in [-0.4, -0.2) is 37.1 Å². The first-order valence-corrected chi connectivity index (χ1v) is 7.74. The minimum Gasteiger partial charge on any atom is -0.415 e. The zero-order valence-electron chi connectivity index (χ0n) is 13.1. The van der Waals surface area contributed by atoms with Crippen molar-refractivity contribution in [3.8, 4) is 5.88 Å². The summed E-state index contributed by atoms with van der Waals surface area (Å²) < 4.78 is 67.7. The first-order valence-electron chi connectivity index (χ1n) is 7.74. The molecule has 0 atom stereocenters. The molecule has 1 aromatic heterocycles. The Hall–Kier alpha value is -1.97. The molecule has 138 valence electrons. The first-order chi connectivity index (χ1) is 11.7. The van der Waals surface area contributed by atoms with Crippen LogP contribution in [0.15, 0.2) is 12.1 Å². The van der Waals surface area contributed by atoms with Gasteiger partial charge in [-0.05, 0) is 43.5 Å². The summed E-state index contributed by atoms with van der Waals surface area (Å²) in [4.78, 5) is 16.7. The molecule has 2 aliphatic rings. The molecular weight excluding hydrogens is 349 g/mol. The number of nitrogens with one attached hydrogen (secondary N) is 1. The predicted molar refractivity (Wildman–Crippen MR) is 77.4 cm³/mol. The third-order valence-electron chi connectivity index (χ3n) is 4.61. The number of carbonyl (C=O) groups excluding carboxylic acids is 1. The van der Waals surface area contributed by atoms with Gasteiger partial charge in [-0.25, -0.2) is 4.98 Å². The van der Waals surface area contributed by atoms with Crippen LogP contribution < -0.4 is 15.0 Å². The Kier molecular flexibility index (Phi) is 4.56. The summed E-state index contributed by atoms with van der Waals surface area (Å²) in [6.07, 6.45) is -3.11. The van der Waals surface area contributed by atoms with E-state index in [0.29, 0.717) is 6.07 Å². The molecule has 0 saturated carbocycles. The number of halogens is 5. The SMILES string of the molecule is O=C1CC2(CCNCC2)CN1c1ccc(C(F)(F)F)nc1OC(F)F. The van der Waals surface area contributed by atoms with Crippen molar-refractivity contribution in [2.75, 3.05) is 24.5 Å². The predicted octanol–water partition coefficient (Wildman–Crippen LogP) is 2.81. The van der Waals surface area contributed by atoms with Gasteiger partial charge in [-0.2, -0.15) is 22.0 Å². The van der Waals surface area contributed by atoms with Gasteiger partial charge in [0.25, 0.3) is 0 Å². The Morgan fingerprint density at radius 1 is 1.24 bits per heavy atom. The van der Waals surface area contributed by atoms with E-state index in [0.717, 1.165) is 32.0 Å². The Morgan fingerprint density at radius 2 is 1.92 bits per heavy atom. The number of amides is 1. The molecule has 3 heterocycles. The van der Waals surface area contributed by atoms with E-state index in [1.807, 2.05) is 0 Å². The highest BCUT2D eigenvalue weighted by molar-refractivity contribution is 5.97. The minimum absolute atomic E-state index is 0.159. The molecule has 1 aromatic rings. The molecule has 2 saturated heterocycles. The van der Waals surface area contributed by atoms with Gasteiger partial charge in [-0.3, -0.25) is 4.79 Å². The quantitative estimate of drug-likeness (QED) is 0.837. The van der Waals surface area contributed by atoms with Crippen LogP contribution in [0, 0.1) is 5.41 Å². The number of alkyl halides is 5. The number of carbonyl (C=O) groups is 1. The van der Waals surface area contributed by atoms with E-state index in [1.54, 1.807) is 0 Å². The highest BCUT2D eigenvalue weighted by Gasteiger charge is 2.45. The summed E-state index contributed by atoms with van der Waals surface area (Å²) in [5.74, 6) is -1.22. The molecular formula is C15H16F5N3O2. The van der Waals surface area contributed by atoms with E-state index in [2.05, 4.69) is 15.0 Å². The fourth-order valence-corrected chi connectivity index (χ4v) is 3.37. The van der Waals surface area contributed by atoms with Gasteiger partial charge in [0, 0.05) is 13.0 Å².